The topological polar surface area (TPSA) is 64.6 Å². The molecule has 0 aromatic heterocycles. The van der Waals surface area contributed by atoms with Gasteiger partial charge in [-0.25, -0.2) is 0 Å². The average Bonchev–Trinajstić information content (AvgIpc) is 2.52. The van der Waals surface area contributed by atoms with Gasteiger partial charge in [-0.05, 0) is 35.2 Å². The Bertz CT molecular complexity index is 745. The second-order valence-corrected chi connectivity index (χ2v) is 6.73. The van der Waals surface area contributed by atoms with E-state index in [9.17, 15) is 9.59 Å². The molecule has 1 N–H and O–H groups in total. The summed E-state index contributed by atoms with van der Waals surface area (Å²) in [4.78, 5) is 23.0. The highest BCUT2D eigenvalue weighted by molar-refractivity contribution is 5.92. The molecule has 0 unspecified atom stereocenters. The number of rotatable bonds is 5. The summed E-state index contributed by atoms with van der Waals surface area (Å²) in [5.74, 6) is 0.311. The lowest BCUT2D eigenvalue weighted by Gasteiger charge is -2.19. The summed E-state index contributed by atoms with van der Waals surface area (Å²) in [6.45, 7) is 7.64. The predicted octanol–water partition coefficient (Wildman–Crippen LogP) is 3.93. The van der Waals surface area contributed by atoms with Gasteiger partial charge in [0.15, 0.2) is 6.61 Å². The van der Waals surface area contributed by atoms with Crippen LogP contribution in [0.4, 0.5) is 5.69 Å². The molecule has 0 fully saturated rings. The number of hydrogen-bond acceptors (Lipinski definition) is 4. The van der Waals surface area contributed by atoms with Gasteiger partial charge in [0.25, 0.3) is 5.91 Å². The van der Waals surface area contributed by atoms with Gasteiger partial charge in [-0.3, -0.25) is 9.59 Å². The average molecular weight is 341 g/mol. The zero-order valence-electron chi connectivity index (χ0n) is 15.0. The molecule has 1 amide bonds. The second kappa shape index (κ2) is 7.83. The third-order valence-electron chi connectivity index (χ3n) is 3.47. The van der Waals surface area contributed by atoms with Crippen molar-refractivity contribution in [3.05, 3.63) is 54.1 Å². The first-order valence-electron chi connectivity index (χ1n) is 8.06. The fraction of sp³-hybridized carbons (Fsp3) is 0.300. The van der Waals surface area contributed by atoms with Crippen molar-refractivity contribution in [1.29, 1.82) is 0 Å². The van der Waals surface area contributed by atoms with E-state index in [2.05, 4.69) is 26.1 Å². The van der Waals surface area contributed by atoms with E-state index in [1.54, 1.807) is 24.3 Å². The minimum absolute atomic E-state index is 0.0723. The van der Waals surface area contributed by atoms with Crippen LogP contribution in [-0.2, 0) is 15.0 Å². The molecule has 2 aromatic carbocycles. The van der Waals surface area contributed by atoms with Crippen molar-refractivity contribution in [3.63, 3.8) is 0 Å². The number of nitrogens with one attached hydrogen (secondary N) is 1. The Morgan fingerprint density at radius 1 is 1.00 bits per heavy atom. The quantitative estimate of drug-likeness (QED) is 0.661. The first-order valence-corrected chi connectivity index (χ1v) is 8.06. The molecule has 5 nitrogen and oxygen atoms in total. The van der Waals surface area contributed by atoms with Crippen molar-refractivity contribution < 1.29 is 19.1 Å². The zero-order chi connectivity index (χ0) is 18.4. The lowest BCUT2D eigenvalue weighted by atomic mass is 9.87. The van der Waals surface area contributed by atoms with Gasteiger partial charge in [0, 0.05) is 18.7 Å². The Morgan fingerprint density at radius 3 is 2.28 bits per heavy atom. The maximum absolute atomic E-state index is 12.0. The number of carbonyl (C=O) groups is 2. The number of benzene rings is 2. The van der Waals surface area contributed by atoms with Crippen LogP contribution < -0.4 is 14.8 Å². The Balaban J connectivity index is 1.89. The molecule has 0 saturated carbocycles. The van der Waals surface area contributed by atoms with Crippen LogP contribution >= 0.6 is 0 Å². The van der Waals surface area contributed by atoms with Crippen LogP contribution in [0.5, 0.6) is 11.5 Å². The monoisotopic (exact) mass is 341 g/mol. The van der Waals surface area contributed by atoms with Crippen molar-refractivity contribution in [3.8, 4) is 11.5 Å². The summed E-state index contributed by atoms with van der Waals surface area (Å²) in [5.41, 5.74) is 1.81. The van der Waals surface area contributed by atoms with E-state index < -0.39 is 5.97 Å². The first-order chi connectivity index (χ1) is 11.7. The standard InChI is InChI=1S/C20H23NO4/c1-14(22)25-18-7-5-6-16(12-18)21-19(23)13-24-17-10-8-15(9-11-17)20(2,3)4/h5-12H,13H2,1-4H3,(H,21,23). The molecule has 5 heteroatoms. The first kappa shape index (κ1) is 18.5. The molecule has 2 rings (SSSR count). The van der Waals surface area contributed by atoms with Crippen LogP contribution in [0.25, 0.3) is 0 Å². The van der Waals surface area contributed by atoms with E-state index in [1.165, 1.54) is 12.5 Å². The van der Waals surface area contributed by atoms with Crippen molar-refractivity contribution in [2.75, 3.05) is 11.9 Å². The van der Waals surface area contributed by atoms with Gasteiger partial charge in [-0.2, -0.15) is 0 Å². The van der Waals surface area contributed by atoms with Gasteiger partial charge in [0.1, 0.15) is 11.5 Å². The molecule has 132 valence electrons. The highest BCUT2D eigenvalue weighted by Crippen LogP contribution is 2.24. The number of ether oxygens (including phenoxy) is 2. The highest BCUT2D eigenvalue weighted by atomic mass is 16.5. The predicted molar refractivity (Wildman–Crippen MR) is 97.0 cm³/mol. The molecule has 2 aromatic rings. The number of carbonyl (C=O) groups excluding carboxylic acids is 2. The fourth-order valence-corrected chi connectivity index (χ4v) is 2.20. The van der Waals surface area contributed by atoms with Gasteiger partial charge >= 0.3 is 5.97 Å². The summed E-state index contributed by atoms with van der Waals surface area (Å²) in [6.07, 6.45) is 0. The third-order valence-corrected chi connectivity index (χ3v) is 3.47. The van der Waals surface area contributed by atoms with Crippen LogP contribution in [0.2, 0.25) is 0 Å². The Kier molecular flexibility index (Phi) is 5.80. The SMILES string of the molecule is CC(=O)Oc1cccc(NC(=O)COc2ccc(C(C)(C)C)cc2)c1. The van der Waals surface area contributed by atoms with Crippen LogP contribution in [0.1, 0.15) is 33.3 Å². The highest BCUT2D eigenvalue weighted by Gasteiger charge is 2.13. The van der Waals surface area contributed by atoms with Gasteiger partial charge in [0.05, 0.1) is 0 Å². The molecule has 0 aliphatic rings. The number of hydrogen-bond donors (Lipinski definition) is 1. The summed E-state index contributed by atoms with van der Waals surface area (Å²) >= 11 is 0. The van der Waals surface area contributed by atoms with E-state index in [0.717, 1.165) is 0 Å². The van der Waals surface area contributed by atoms with Gasteiger partial charge in [-0.1, -0.05) is 39.0 Å². The number of esters is 1. The lowest BCUT2D eigenvalue weighted by molar-refractivity contribution is -0.131. The van der Waals surface area contributed by atoms with Crippen LogP contribution in [0.15, 0.2) is 48.5 Å². The van der Waals surface area contributed by atoms with Crippen molar-refractivity contribution in [2.24, 2.45) is 0 Å². The molecule has 0 aliphatic carbocycles. The normalized spacial score (nSPS) is 10.9. The van der Waals surface area contributed by atoms with Crippen molar-refractivity contribution in [2.45, 2.75) is 33.1 Å². The molecular formula is C20H23NO4. The Hall–Kier alpha value is -2.82. The molecule has 0 aliphatic heterocycles. The van der Waals surface area contributed by atoms with Crippen LogP contribution in [0, 0.1) is 0 Å². The van der Waals surface area contributed by atoms with E-state index in [4.69, 9.17) is 9.47 Å². The molecule has 0 saturated heterocycles. The summed E-state index contributed by atoms with van der Waals surface area (Å²) in [5, 5.41) is 2.71. The smallest absolute Gasteiger partial charge is 0.308 e. The van der Waals surface area contributed by atoms with Crippen molar-refractivity contribution >= 4 is 17.6 Å². The summed E-state index contributed by atoms with van der Waals surface area (Å²) in [6, 6.07) is 14.3. The largest absolute Gasteiger partial charge is 0.484 e. The Morgan fingerprint density at radius 2 is 1.68 bits per heavy atom. The summed E-state index contributed by atoms with van der Waals surface area (Å²) < 4.78 is 10.5. The maximum atomic E-state index is 12.0. The van der Waals surface area contributed by atoms with Gasteiger partial charge < -0.3 is 14.8 Å². The number of amides is 1. The van der Waals surface area contributed by atoms with Gasteiger partial charge in [0.2, 0.25) is 0 Å². The molecule has 0 radical (unpaired) electrons. The third kappa shape index (κ3) is 5.95. The van der Waals surface area contributed by atoms with Crippen LogP contribution in [-0.4, -0.2) is 18.5 Å². The van der Waals surface area contributed by atoms with E-state index in [1.807, 2.05) is 24.3 Å². The summed E-state index contributed by atoms with van der Waals surface area (Å²) in [7, 11) is 0. The minimum atomic E-state index is -0.412. The molecule has 0 heterocycles. The van der Waals surface area contributed by atoms with E-state index >= 15 is 0 Å². The Labute approximate surface area is 148 Å². The van der Waals surface area contributed by atoms with Crippen molar-refractivity contribution in [1.82, 2.24) is 0 Å². The second-order valence-electron chi connectivity index (χ2n) is 6.73. The minimum Gasteiger partial charge on any atom is -0.484 e. The molecule has 0 atom stereocenters. The molecular weight excluding hydrogens is 318 g/mol. The van der Waals surface area contributed by atoms with Crippen LogP contribution in [0.3, 0.4) is 0 Å². The zero-order valence-corrected chi connectivity index (χ0v) is 15.0. The van der Waals surface area contributed by atoms with E-state index in [-0.39, 0.29) is 17.9 Å². The molecule has 25 heavy (non-hydrogen) atoms. The fourth-order valence-electron chi connectivity index (χ4n) is 2.20. The lowest BCUT2D eigenvalue weighted by Crippen LogP contribution is -2.20. The van der Waals surface area contributed by atoms with E-state index in [0.29, 0.717) is 17.2 Å². The maximum Gasteiger partial charge on any atom is 0.308 e. The van der Waals surface area contributed by atoms with Gasteiger partial charge in [-0.15, -0.1) is 0 Å². The molecule has 0 spiro atoms. The number of anilines is 1. The molecule has 0 bridgehead atoms.